The van der Waals surface area contributed by atoms with Gasteiger partial charge in [-0.05, 0) is 24.7 Å². The first-order chi connectivity index (χ1) is 4.88. The van der Waals surface area contributed by atoms with Crippen molar-refractivity contribution >= 4 is 0 Å². The molecule has 0 aromatic heterocycles. The van der Waals surface area contributed by atoms with E-state index in [-0.39, 0.29) is 0 Å². The summed E-state index contributed by atoms with van der Waals surface area (Å²) >= 11 is 0. The van der Waals surface area contributed by atoms with E-state index in [4.69, 9.17) is 0 Å². The zero-order valence-corrected chi connectivity index (χ0v) is 6.97. The Morgan fingerprint density at radius 1 is 1.40 bits per heavy atom. The lowest BCUT2D eigenvalue weighted by atomic mass is 9.91. The lowest BCUT2D eigenvalue weighted by Gasteiger charge is -2.14. The molecule has 1 rings (SSSR count). The van der Waals surface area contributed by atoms with Crippen LogP contribution in [-0.2, 0) is 0 Å². The highest BCUT2D eigenvalue weighted by molar-refractivity contribution is 4.82. The minimum absolute atomic E-state index is 0.975. The van der Waals surface area contributed by atoms with E-state index in [9.17, 15) is 0 Å². The maximum absolute atomic E-state index is 3.79. The van der Waals surface area contributed by atoms with Crippen LogP contribution in [0.25, 0.3) is 0 Å². The van der Waals surface area contributed by atoms with Gasteiger partial charge in [0.1, 0.15) is 0 Å². The Kier molecular flexibility index (Phi) is 2.98. The predicted molar refractivity (Wildman–Crippen MR) is 45.9 cm³/mol. The van der Waals surface area contributed by atoms with Crippen LogP contribution in [0, 0.1) is 11.8 Å². The van der Waals surface area contributed by atoms with Crippen molar-refractivity contribution in [3.8, 4) is 0 Å². The number of rotatable bonds is 3. The molecule has 2 atom stereocenters. The Hall–Kier alpha value is -0.260. The fraction of sp³-hybridized carbons (Fsp3) is 0.800. The average molecular weight is 138 g/mol. The molecule has 0 aromatic carbocycles. The molecule has 0 heteroatoms. The fourth-order valence-electron chi connectivity index (χ4n) is 2.18. The van der Waals surface area contributed by atoms with E-state index in [2.05, 4.69) is 19.6 Å². The lowest BCUT2D eigenvalue weighted by molar-refractivity contribution is 0.381. The van der Waals surface area contributed by atoms with Gasteiger partial charge in [-0.25, -0.2) is 0 Å². The van der Waals surface area contributed by atoms with Gasteiger partial charge in [-0.15, -0.1) is 6.58 Å². The van der Waals surface area contributed by atoms with Crippen molar-refractivity contribution < 1.29 is 0 Å². The van der Waals surface area contributed by atoms with E-state index < -0.39 is 0 Å². The molecule has 1 saturated carbocycles. The minimum atomic E-state index is 0.975. The predicted octanol–water partition coefficient (Wildman–Crippen LogP) is 3.39. The second-order valence-electron chi connectivity index (χ2n) is 3.38. The van der Waals surface area contributed by atoms with Crippen LogP contribution in [0.2, 0.25) is 0 Å². The first-order valence-corrected chi connectivity index (χ1v) is 4.49. The van der Waals surface area contributed by atoms with Gasteiger partial charge < -0.3 is 0 Å². The Morgan fingerprint density at radius 3 is 2.70 bits per heavy atom. The summed E-state index contributed by atoms with van der Waals surface area (Å²) in [5, 5.41) is 0. The fourth-order valence-corrected chi connectivity index (χ4v) is 2.18. The molecule has 0 radical (unpaired) electrons. The lowest BCUT2D eigenvalue weighted by Crippen LogP contribution is -2.04. The second kappa shape index (κ2) is 3.80. The molecule has 1 aliphatic carbocycles. The molecular weight excluding hydrogens is 120 g/mol. The smallest absolute Gasteiger partial charge is 0.0322 e. The van der Waals surface area contributed by atoms with Crippen LogP contribution in [-0.4, -0.2) is 0 Å². The average Bonchev–Trinajstić information content (AvgIpc) is 2.36. The quantitative estimate of drug-likeness (QED) is 0.524. The van der Waals surface area contributed by atoms with Crippen molar-refractivity contribution in [1.29, 1.82) is 0 Å². The first kappa shape index (κ1) is 7.84. The molecule has 1 fully saturated rings. The normalized spacial score (nSPS) is 32.5. The summed E-state index contributed by atoms with van der Waals surface area (Å²) in [4.78, 5) is 0. The molecule has 0 amide bonds. The molecule has 0 heterocycles. The summed E-state index contributed by atoms with van der Waals surface area (Å²) in [7, 11) is 0. The summed E-state index contributed by atoms with van der Waals surface area (Å²) < 4.78 is 0. The van der Waals surface area contributed by atoms with Crippen LogP contribution < -0.4 is 0 Å². The molecule has 0 saturated heterocycles. The van der Waals surface area contributed by atoms with E-state index in [1.807, 2.05) is 0 Å². The van der Waals surface area contributed by atoms with Crippen LogP contribution in [0.4, 0.5) is 0 Å². The molecular formula is C10H18. The number of hydrogen-bond donors (Lipinski definition) is 0. The second-order valence-corrected chi connectivity index (χ2v) is 3.38. The number of hydrogen-bond acceptors (Lipinski definition) is 0. The molecule has 10 heavy (non-hydrogen) atoms. The third-order valence-electron chi connectivity index (χ3n) is 2.81. The summed E-state index contributed by atoms with van der Waals surface area (Å²) in [5.74, 6) is 1.99. The maximum atomic E-state index is 3.79. The van der Waals surface area contributed by atoms with E-state index in [0.29, 0.717) is 0 Å². The molecule has 1 aliphatic rings. The highest BCUT2D eigenvalue weighted by Crippen LogP contribution is 2.35. The third kappa shape index (κ3) is 1.62. The Morgan fingerprint density at radius 2 is 2.10 bits per heavy atom. The molecule has 0 nitrogen and oxygen atoms in total. The summed E-state index contributed by atoms with van der Waals surface area (Å²) in [5.41, 5.74) is 0. The third-order valence-corrected chi connectivity index (χ3v) is 2.81. The van der Waals surface area contributed by atoms with Crippen molar-refractivity contribution in [1.82, 2.24) is 0 Å². The number of allylic oxidation sites excluding steroid dienone is 1. The largest absolute Gasteiger partial charge is 0.103 e. The Bertz CT molecular complexity index is 105. The highest BCUT2D eigenvalue weighted by atomic mass is 14.3. The van der Waals surface area contributed by atoms with E-state index in [1.54, 1.807) is 0 Å². The molecule has 2 unspecified atom stereocenters. The van der Waals surface area contributed by atoms with Gasteiger partial charge in [0.05, 0.1) is 0 Å². The zero-order valence-electron chi connectivity index (χ0n) is 6.97. The Balaban J connectivity index is 2.34. The van der Waals surface area contributed by atoms with Gasteiger partial charge in [-0.3, -0.25) is 0 Å². The molecule has 0 spiro atoms. The van der Waals surface area contributed by atoms with Crippen LogP contribution in [0.15, 0.2) is 12.7 Å². The van der Waals surface area contributed by atoms with Crippen molar-refractivity contribution in [2.45, 2.75) is 39.0 Å². The van der Waals surface area contributed by atoms with Gasteiger partial charge in [0.2, 0.25) is 0 Å². The van der Waals surface area contributed by atoms with Crippen molar-refractivity contribution in [2.75, 3.05) is 0 Å². The molecule has 58 valence electrons. The van der Waals surface area contributed by atoms with Crippen molar-refractivity contribution in [3.63, 3.8) is 0 Å². The molecule has 0 N–H and O–H groups in total. The monoisotopic (exact) mass is 138 g/mol. The molecule has 0 aromatic rings. The first-order valence-electron chi connectivity index (χ1n) is 4.49. The maximum Gasteiger partial charge on any atom is -0.0322 e. The van der Waals surface area contributed by atoms with Crippen molar-refractivity contribution in [3.05, 3.63) is 12.7 Å². The van der Waals surface area contributed by atoms with Crippen LogP contribution >= 0.6 is 0 Å². The van der Waals surface area contributed by atoms with Gasteiger partial charge in [0.15, 0.2) is 0 Å². The van der Waals surface area contributed by atoms with E-state index in [0.717, 1.165) is 11.8 Å². The van der Waals surface area contributed by atoms with Gasteiger partial charge in [0, 0.05) is 0 Å². The molecule has 0 bridgehead atoms. The Labute approximate surface area is 64.3 Å². The topological polar surface area (TPSA) is 0 Å². The SMILES string of the molecule is C=CCC1CCCC1CC. The zero-order chi connectivity index (χ0) is 7.40. The van der Waals surface area contributed by atoms with Crippen LogP contribution in [0.3, 0.4) is 0 Å². The molecule has 0 aliphatic heterocycles. The minimum Gasteiger partial charge on any atom is -0.103 e. The van der Waals surface area contributed by atoms with Gasteiger partial charge in [0.25, 0.3) is 0 Å². The van der Waals surface area contributed by atoms with Gasteiger partial charge in [-0.2, -0.15) is 0 Å². The summed E-state index contributed by atoms with van der Waals surface area (Å²) in [6.45, 7) is 6.10. The van der Waals surface area contributed by atoms with Gasteiger partial charge in [-0.1, -0.05) is 32.3 Å². The highest BCUT2D eigenvalue weighted by Gasteiger charge is 2.23. The van der Waals surface area contributed by atoms with Crippen LogP contribution in [0.5, 0.6) is 0 Å². The van der Waals surface area contributed by atoms with E-state index in [1.165, 1.54) is 32.1 Å². The van der Waals surface area contributed by atoms with Crippen LogP contribution in [0.1, 0.15) is 39.0 Å². The van der Waals surface area contributed by atoms with Crippen molar-refractivity contribution in [2.24, 2.45) is 11.8 Å². The summed E-state index contributed by atoms with van der Waals surface area (Å²) in [6, 6.07) is 0. The standard InChI is InChI=1S/C10H18/c1-3-6-10-8-5-7-9(10)4-2/h3,9-10H,1,4-8H2,2H3. The van der Waals surface area contributed by atoms with E-state index >= 15 is 0 Å². The summed E-state index contributed by atoms with van der Waals surface area (Å²) in [6.07, 6.45) is 9.08. The van der Waals surface area contributed by atoms with Gasteiger partial charge >= 0.3 is 0 Å².